The molecule has 1 aromatic carbocycles. The third-order valence-electron chi connectivity index (χ3n) is 4.72. The van der Waals surface area contributed by atoms with E-state index in [2.05, 4.69) is 12.2 Å². The van der Waals surface area contributed by atoms with Gasteiger partial charge in [0.2, 0.25) is 0 Å². The molecule has 1 atom stereocenters. The number of para-hydroxylation sites is 1. The summed E-state index contributed by atoms with van der Waals surface area (Å²) in [5, 5.41) is 3.38. The lowest BCUT2D eigenvalue weighted by Gasteiger charge is -2.18. The second-order valence-corrected chi connectivity index (χ2v) is 7.82. The zero-order valence-electron chi connectivity index (χ0n) is 15.1. The maximum atomic E-state index is 12.4. The molecule has 0 spiro atoms. The number of carbonyl (C=O) groups is 2. The van der Waals surface area contributed by atoms with Crippen molar-refractivity contribution in [3.63, 3.8) is 0 Å². The summed E-state index contributed by atoms with van der Waals surface area (Å²) < 4.78 is 5.66. The van der Waals surface area contributed by atoms with E-state index in [4.69, 9.17) is 10.5 Å². The number of primary amides is 1. The Bertz CT molecular complexity index is 828. The van der Waals surface area contributed by atoms with Gasteiger partial charge in [0.05, 0.1) is 5.56 Å². The van der Waals surface area contributed by atoms with Crippen LogP contribution < -0.4 is 15.8 Å². The molecule has 0 aliphatic heterocycles. The van der Waals surface area contributed by atoms with Crippen molar-refractivity contribution >= 4 is 28.2 Å². The summed E-state index contributed by atoms with van der Waals surface area (Å²) in [4.78, 5) is 25.4. The lowest BCUT2D eigenvalue weighted by atomic mass is 9.88. The van der Waals surface area contributed by atoms with E-state index in [9.17, 15) is 9.59 Å². The number of carbonyl (C=O) groups excluding carboxylic acids is 2. The van der Waals surface area contributed by atoms with E-state index in [-0.39, 0.29) is 12.5 Å². The van der Waals surface area contributed by atoms with E-state index in [1.807, 2.05) is 31.2 Å². The van der Waals surface area contributed by atoms with E-state index in [0.29, 0.717) is 22.2 Å². The summed E-state index contributed by atoms with van der Waals surface area (Å²) in [5.41, 5.74) is 8.11. The van der Waals surface area contributed by atoms with E-state index >= 15 is 0 Å². The molecule has 2 aromatic rings. The third kappa shape index (κ3) is 3.90. The summed E-state index contributed by atoms with van der Waals surface area (Å²) in [6.45, 7) is 4.14. The number of aryl methyl sites for hydroxylation is 1. The maximum absolute atomic E-state index is 12.4. The molecule has 26 heavy (non-hydrogen) atoms. The molecule has 0 bridgehead atoms. The Balaban J connectivity index is 1.72. The van der Waals surface area contributed by atoms with Gasteiger partial charge in [-0.15, -0.1) is 11.3 Å². The van der Waals surface area contributed by atoms with Crippen LogP contribution in [0.3, 0.4) is 0 Å². The van der Waals surface area contributed by atoms with Gasteiger partial charge in [0, 0.05) is 4.88 Å². The minimum Gasteiger partial charge on any atom is -0.483 e. The molecule has 1 heterocycles. The Kier molecular flexibility index (Phi) is 5.61. The van der Waals surface area contributed by atoms with Crippen molar-refractivity contribution in [2.75, 3.05) is 11.9 Å². The average molecular weight is 372 g/mol. The lowest BCUT2D eigenvalue weighted by Crippen LogP contribution is -2.23. The van der Waals surface area contributed by atoms with Gasteiger partial charge >= 0.3 is 0 Å². The highest BCUT2D eigenvalue weighted by molar-refractivity contribution is 7.17. The van der Waals surface area contributed by atoms with Crippen LogP contribution in [-0.4, -0.2) is 18.4 Å². The van der Waals surface area contributed by atoms with E-state index in [1.54, 1.807) is 0 Å². The number of thiophene rings is 1. The van der Waals surface area contributed by atoms with Crippen molar-refractivity contribution in [1.82, 2.24) is 0 Å². The van der Waals surface area contributed by atoms with Crippen LogP contribution in [0.15, 0.2) is 24.3 Å². The molecule has 0 unspecified atom stereocenters. The monoisotopic (exact) mass is 372 g/mol. The van der Waals surface area contributed by atoms with Crippen LogP contribution in [0, 0.1) is 5.92 Å². The molecule has 2 amide bonds. The van der Waals surface area contributed by atoms with Gasteiger partial charge in [-0.1, -0.05) is 32.0 Å². The smallest absolute Gasteiger partial charge is 0.262 e. The molecule has 6 heteroatoms. The quantitative estimate of drug-likeness (QED) is 0.813. The van der Waals surface area contributed by atoms with Crippen molar-refractivity contribution in [3.8, 4) is 5.75 Å². The third-order valence-corrected chi connectivity index (χ3v) is 5.89. The van der Waals surface area contributed by atoms with Gasteiger partial charge in [0.15, 0.2) is 6.61 Å². The van der Waals surface area contributed by atoms with Gasteiger partial charge in [-0.25, -0.2) is 0 Å². The number of hydrogen-bond donors (Lipinski definition) is 2. The molecule has 0 radical (unpaired) electrons. The molecule has 5 nitrogen and oxygen atoms in total. The molecule has 138 valence electrons. The second kappa shape index (κ2) is 7.91. The summed E-state index contributed by atoms with van der Waals surface area (Å²) in [6, 6.07) is 7.66. The van der Waals surface area contributed by atoms with Crippen molar-refractivity contribution in [2.24, 2.45) is 11.7 Å². The van der Waals surface area contributed by atoms with E-state index in [1.165, 1.54) is 11.3 Å². The summed E-state index contributed by atoms with van der Waals surface area (Å²) in [6.07, 6.45) is 3.63. The lowest BCUT2D eigenvalue weighted by molar-refractivity contribution is -0.118. The standard InChI is InChI=1S/C20H24N2O3S/c1-3-13-6-4-5-7-15(13)25-11-17(23)22-20-18(19(21)24)14-9-8-12(2)10-16(14)26-20/h4-7,12H,3,8-11H2,1-2H3,(H2,21,24)(H,22,23)/t12-/m1/s1. The Hall–Kier alpha value is -2.34. The Morgan fingerprint density at radius 3 is 2.85 bits per heavy atom. The number of anilines is 1. The second-order valence-electron chi connectivity index (χ2n) is 6.72. The van der Waals surface area contributed by atoms with E-state index < -0.39 is 5.91 Å². The minimum absolute atomic E-state index is 0.103. The first-order chi connectivity index (χ1) is 12.5. The van der Waals surface area contributed by atoms with Crippen molar-refractivity contribution in [1.29, 1.82) is 0 Å². The van der Waals surface area contributed by atoms with Crippen molar-refractivity contribution in [3.05, 3.63) is 45.8 Å². The number of rotatable bonds is 6. The molecule has 0 saturated heterocycles. The molecule has 0 saturated carbocycles. The Morgan fingerprint density at radius 1 is 1.35 bits per heavy atom. The van der Waals surface area contributed by atoms with Crippen LogP contribution in [0.5, 0.6) is 5.75 Å². The average Bonchev–Trinajstić information content (AvgIpc) is 2.97. The predicted octanol–water partition coefficient (Wildman–Crippen LogP) is 3.55. The molecule has 0 fully saturated rings. The van der Waals surface area contributed by atoms with Gasteiger partial charge in [-0.3, -0.25) is 9.59 Å². The van der Waals surface area contributed by atoms with Crippen LogP contribution >= 0.6 is 11.3 Å². The SMILES string of the molecule is CCc1ccccc1OCC(=O)Nc1sc2c(c1C(N)=O)CC[C@@H](C)C2. The first kappa shape index (κ1) is 18.5. The van der Waals surface area contributed by atoms with Gasteiger partial charge in [0.25, 0.3) is 11.8 Å². The Labute approximate surface area is 157 Å². The van der Waals surface area contributed by atoms with E-state index in [0.717, 1.165) is 41.7 Å². The zero-order valence-corrected chi connectivity index (χ0v) is 15.9. The molecule has 1 aliphatic rings. The molecule has 3 N–H and O–H groups in total. The first-order valence-corrected chi connectivity index (χ1v) is 9.76. The summed E-state index contributed by atoms with van der Waals surface area (Å²) in [7, 11) is 0. The van der Waals surface area contributed by atoms with Crippen LogP contribution in [-0.2, 0) is 24.1 Å². The highest BCUT2D eigenvalue weighted by atomic mass is 32.1. The largest absolute Gasteiger partial charge is 0.483 e. The molecule has 1 aromatic heterocycles. The minimum atomic E-state index is -0.482. The topological polar surface area (TPSA) is 81.4 Å². The Morgan fingerprint density at radius 2 is 2.12 bits per heavy atom. The first-order valence-electron chi connectivity index (χ1n) is 8.94. The highest BCUT2D eigenvalue weighted by Gasteiger charge is 2.27. The van der Waals surface area contributed by atoms with Crippen LogP contribution in [0.2, 0.25) is 0 Å². The molecular weight excluding hydrogens is 348 g/mol. The fourth-order valence-corrected chi connectivity index (χ4v) is 4.77. The molecular formula is C20H24N2O3S. The van der Waals surface area contributed by atoms with Crippen molar-refractivity contribution < 1.29 is 14.3 Å². The number of ether oxygens (including phenoxy) is 1. The summed E-state index contributed by atoms with van der Waals surface area (Å²) in [5.74, 6) is 0.522. The fraction of sp³-hybridized carbons (Fsp3) is 0.400. The number of nitrogens with two attached hydrogens (primary N) is 1. The van der Waals surface area contributed by atoms with Crippen LogP contribution in [0.25, 0.3) is 0 Å². The van der Waals surface area contributed by atoms with Gasteiger partial charge in [0.1, 0.15) is 10.8 Å². The maximum Gasteiger partial charge on any atom is 0.262 e. The van der Waals surface area contributed by atoms with Gasteiger partial charge < -0.3 is 15.8 Å². The molecule has 1 aliphatic carbocycles. The number of nitrogens with one attached hydrogen (secondary N) is 1. The van der Waals surface area contributed by atoms with Crippen LogP contribution in [0.1, 0.15) is 46.6 Å². The van der Waals surface area contributed by atoms with Gasteiger partial charge in [-0.2, -0.15) is 0 Å². The normalized spacial score (nSPS) is 16.0. The fourth-order valence-electron chi connectivity index (χ4n) is 3.34. The van der Waals surface area contributed by atoms with Crippen molar-refractivity contribution in [2.45, 2.75) is 39.5 Å². The molecule has 3 rings (SSSR count). The summed E-state index contributed by atoms with van der Waals surface area (Å²) >= 11 is 1.46. The number of fused-ring (bicyclic) bond motifs is 1. The van der Waals surface area contributed by atoms with Gasteiger partial charge in [-0.05, 0) is 48.8 Å². The predicted molar refractivity (Wildman–Crippen MR) is 104 cm³/mol. The number of hydrogen-bond acceptors (Lipinski definition) is 4. The number of benzene rings is 1. The zero-order chi connectivity index (χ0) is 18.7. The highest BCUT2D eigenvalue weighted by Crippen LogP contribution is 2.39. The van der Waals surface area contributed by atoms with Crippen LogP contribution in [0.4, 0.5) is 5.00 Å². The number of amides is 2.